The number of nitrogens with one attached hydrogen (secondary N) is 2. The van der Waals surface area contributed by atoms with Crippen molar-refractivity contribution in [1.29, 1.82) is 0 Å². The molecule has 2 aromatic rings. The molecule has 2 N–H and O–H groups in total. The highest BCUT2D eigenvalue weighted by Gasteiger charge is 2.28. The first kappa shape index (κ1) is 19.7. The van der Waals surface area contributed by atoms with E-state index in [0.29, 0.717) is 16.1 Å². The Morgan fingerprint density at radius 2 is 1.62 bits per heavy atom. The molecule has 1 aromatic carbocycles. The van der Waals surface area contributed by atoms with Crippen LogP contribution in [0.2, 0.25) is 5.02 Å². The molecule has 0 radical (unpaired) electrons. The largest absolute Gasteiger partial charge is 0.326 e. The second-order valence-corrected chi connectivity index (χ2v) is 5.53. The number of rotatable bonds is 6. The number of alkyl halides is 4. The maximum absolute atomic E-state index is 13.0. The van der Waals surface area contributed by atoms with E-state index in [4.69, 9.17) is 11.6 Å². The van der Waals surface area contributed by atoms with Crippen LogP contribution in [0, 0.1) is 0 Å². The second-order valence-electron chi connectivity index (χ2n) is 5.15. The minimum Gasteiger partial charge on any atom is -0.326 e. The summed E-state index contributed by atoms with van der Waals surface area (Å²) in [4.78, 5) is 22.9. The summed E-state index contributed by atoms with van der Waals surface area (Å²) >= 11 is 5.51. The maximum Gasteiger partial charge on any atom is 0.283 e. The summed E-state index contributed by atoms with van der Waals surface area (Å²) in [5, 5.41) is 7.38. The molecule has 2 amide bonds. The zero-order valence-corrected chi connectivity index (χ0v) is 14.0. The molecular formula is C15H13ClF4N4O2. The van der Waals surface area contributed by atoms with E-state index < -0.39 is 41.7 Å². The molecule has 2 rings (SSSR count). The predicted molar refractivity (Wildman–Crippen MR) is 86.5 cm³/mol. The fourth-order valence-electron chi connectivity index (χ4n) is 2.12. The maximum atomic E-state index is 13.0. The van der Waals surface area contributed by atoms with Crippen LogP contribution in [0.4, 0.5) is 28.9 Å². The molecule has 0 saturated heterocycles. The SMILES string of the molecule is CC(=O)Nc1ccc(NC(=O)Cn2nc(C(F)F)c(Cl)c2C(F)F)cc1. The first-order chi connectivity index (χ1) is 12.2. The number of carbonyl (C=O) groups excluding carboxylic acids is 2. The topological polar surface area (TPSA) is 76.0 Å². The van der Waals surface area contributed by atoms with Crippen molar-refractivity contribution in [3.63, 3.8) is 0 Å². The number of halogens is 5. The van der Waals surface area contributed by atoms with Gasteiger partial charge in [0, 0.05) is 18.3 Å². The van der Waals surface area contributed by atoms with Crippen molar-refractivity contribution in [2.45, 2.75) is 26.3 Å². The highest BCUT2D eigenvalue weighted by molar-refractivity contribution is 6.32. The van der Waals surface area contributed by atoms with Gasteiger partial charge in [-0.2, -0.15) is 5.10 Å². The van der Waals surface area contributed by atoms with Crippen LogP contribution in [0.1, 0.15) is 31.2 Å². The number of aromatic nitrogens is 2. The van der Waals surface area contributed by atoms with Gasteiger partial charge in [0.1, 0.15) is 17.9 Å². The van der Waals surface area contributed by atoms with Crippen LogP contribution in [-0.4, -0.2) is 21.6 Å². The van der Waals surface area contributed by atoms with Crippen LogP contribution in [0.5, 0.6) is 0 Å². The minimum atomic E-state index is -3.17. The van der Waals surface area contributed by atoms with Crippen molar-refractivity contribution in [3.05, 3.63) is 40.7 Å². The van der Waals surface area contributed by atoms with Gasteiger partial charge in [-0.15, -0.1) is 0 Å². The number of hydrogen-bond donors (Lipinski definition) is 2. The number of nitrogens with zero attached hydrogens (tertiary/aromatic N) is 2. The van der Waals surface area contributed by atoms with Gasteiger partial charge in [-0.25, -0.2) is 17.6 Å². The molecule has 0 bridgehead atoms. The van der Waals surface area contributed by atoms with Crippen LogP contribution in [-0.2, 0) is 16.1 Å². The Kier molecular flexibility index (Phi) is 6.19. The van der Waals surface area contributed by atoms with E-state index in [1.165, 1.54) is 31.2 Å². The fourth-order valence-corrected chi connectivity index (χ4v) is 2.42. The van der Waals surface area contributed by atoms with E-state index in [-0.39, 0.29) is 5.91 Å². The van der Waals surface area contributed by atoms with Crippen LogP contribution < -0.4 is 10.6 Å². The van der Waals surface area contributed by atoms with Crippen LogP contribution >= 0.6 is 11.6 Å². The molecule has 0 unspecified atom stereocenters. The molecular weight excluding hydrogens is 380 g/mol. The van der Waals surface area contributed by atoms with E-state index in [1.807, 2.05) is 0 Å². The summed E-state index contributed by atoms with van der Waals surface area (Å²) in [6, 6.07) is 5.97. The molecule has 0 aliphatic heterocycles. The molecule has 0 fully saturated rings. The van der Waals surface area contributed by atoms with Crippen molar-refractivity contribution in [3.8, 4) is 0 Å². The third-order valence-electron chi connectivity index (χ3n) is 3.15. The first-order valence-electron chi connectivity index (χ1n) is 7.19. The lowest BCUT2D eigenvalue weighted by molar-refractivity contribution is -0.117. The highest BCUT2D eigenvalue weighted by Crippen LogP contribution is 2.34. The van der Waals surface area contributed by atoms with Gasteiger partial charge >= 0.3 is 0 Å². The molecule has 0 aliphatic rings. The van der Waals surface area contributed by atoms with Crippen molar-refractivity contribution in [1.82, 2.24) is 9.78 Å². The lowest BCUT2D eigenvalue weighted by Gasteiger charge is -2.09. The van der Waals surface area contributed by atoms with Crippen LogP contribution in [0.15, 0.2) is 24.3 Å². The van der Waals surface area contributed by atoms with Gasteiger partial charge in [0.15, 0.2) is 0 Å². The van der Waals surface area contributed by atoms with E-state index in [0.717, 1.165) is 0 Å². The highest BCUT2D eigenvalue weighted by atomic mass is 35.5. The van der Waals surface area contributed by atoms with Gasteiger partial charge in [0.2, 0.25) is 11.8 Å². The van der Waals surface area contributed by atoms with Gasteiger partial charge in [0.05, 0.1) is 5.02 Å². The van der Waals surface area contributed by atoms with Gasteiger partial charge in [0.25, 0.3) is 12.9 Å². The molecule has 26 heavy (non-hydrogen) atoms. The zero-order chi connectivity index (χ0) is 19.4. The van der Waals surface area contributed by atoms with Crippen LogP contribution in [0.3, 0.4) is 0 Å². The van der Waals surface area contributed by atoms with E-state index in [9.17, 15) is 27.2 Å². The van der Waals surface area contributed by atoms with Gasteiger partial charge in [-0.05, 0) is 24.3 Å². The normalized spacial score (nSPS) is 11.1. The summed E-state index contributed by atoms with van der Waals surface area (Å²) in [6.45, 7) is 0.610. The Morgan fingerprint density at radius 1 is 1.08 bits per heavy atom. The van der Waals surface area contributed by atoms with Gasteiger partial charge in [-0.1, -0.05) is 11.6 Å². The molecule has 0 aliphatic carbocycles. The molecule has 140 valence electrons. The molecule has 0 saturated carbocycles. The Labute approximate surface area is 150 Å². The Morgan fingerprint density at radius 3 is 2.08 bits per heavy atom. The number of benzene rings is 1. The molecule has 1 heterocycles. The Hall–Kier alpha value is -2.62. The van der Waals surface area contributed by atoms with E-state index in [2.05, 4.69) is 15.7 Å². The molecule has 0 atom stereocenters. The summed E-state index contributed by atoms with van der Waals surface area (Å²) in [6.07, 6.45) is -6.32. The average molecular weight is 393 g/mol. The standard InChI is InChI=1S/C15H13ClF4N4O2/c1-7(25)21-8-2-4-9(5-3-8)22-10(26)6-24-13(15(19)20)11(16)12(23-24)14(17)18/h2-5,14-15H,6H2,1H3,(H,21,25)(H,22,26). The summed E-state index contributed by atoms with van der Waals surface area (Å²) in [5.41, 5.74) is -1.14. The third kappa shape index (κ3) is 4.72. The third-order valence-corrected chi connectivity index (χ3v) is 3.54. The van der Waals surface area contributed by atoms with Crippen molar-refractivity contribution >= 4 is 34.8 Å². The smallest absolute Gasteiger partial charge is 0.283 e. The van der Waals surface area contributed by atoms with Gasteiger partial charge in [-0.3, -0.25) is 14.3 Å². The number of amides is 2. The zero-order valence-electron chi connectivity index (χ0n) is 13.3. The van der Waals surface area contributed by atoms with Crippen molar-refractivity contribution in [2.75, 3.05) is 10.6 Å². The monoisotopic (exact) mass is 392 g/mol. The van der Waals surface area contributed by atoms with Crippen molar-refractivity contribution < 1.29 is 27.2 Å². The molecule has 1 aromatic heterocycles. The summed E-state index contributed by atoms with van der Waals surface area (Å²) < 4.78 is 52.0. The molecule has 11 heteroatoms. The molecule has 0 spiro atoms. The van der Waals surface area contributed by atoms with Crippen molar-refractivity contribution in [2.24, 2.45) is 0 Å². The quantitative estimate of drug-likeness (QED) is 0.729. The first-order valence-corrected chi connectivity index (χ1v) is 7.56. The summed E-state index contributed by atoms with van der Waals surface area (Å²) in [5.74, 6) is -1.04. The lowest BCUT2D eigenvalue weighted by Crippen LogP contribution is -2.21. The molecule has 6 nitrogen and oxygen atoms in total. The number of hydrogen-bond acceptors (Lipinski definition) is 3. The Bertz CT molecular complexity index is 809. The lowest BCUT2D eigenvalue weighted by atomic mass is 10.2. The van der Waals surface area contributed by atoms with E-state index >= 15 is 0 Å². The predicted octanol–water partition coefficient (Wildman–Crippen LogP) is 4.01. The van der Waals surface area contributed by atoms with Crippen LogP contribution in [0.25, 0.3) is 0 Å². The van der Waals surface area contributed by atoms with E-state index in [1.54, 1.807) is 0 Å². The Balaban J connectivity index is 2.12. The number of carbonyl (C=O) groups is 2. The van der Waals surface area contributed by atoms with Gasteiger partial charge < -0.3 is 10.6 Å². The minimum absolute atomic E-state index is 0.272. The summed E-state index contributed by atoms with van der Waals surface area (Å²) in [7, 11) is 0. The average Bonchev–Trinajstić information content (AvgIpc) is 2.85. The second kappa shape index (κ2) is 8.17. The fraction of sp³-hybridized carbons (Fsp3) is 0.267. The number of anilines is 2.